The van der Waals surface area contributed by atoms with Crippen molar-refractivity contribution < 1.29 is 32.2 Å². The van der Waals surface area contributed by atoms with Crippen LogP contribution < -0.4 is 24.8 Å². The van der Waals surface area contributed by atoms with E-state index in [9.17, 15) is 18.0 Å². The summed E-state index contributed by atoms with van der Waals surface area (Å²) in [4.78, 5) is 20.5. The Labute approximate surface area is 408 Å². The van der Waals surface area contributed by atoms with E-state index in [1.807, 2.05) is 48.7 Å². The Kier molecular flexibility index (Phi) is 16.1. The van der Waals surface area contributed by atoms with Gasteiger partial charge >= 0.3 is 6.36 Å². The Bertz CT molecular complexity index is 2640. The fourth-order valence-electron chi connectivity index (χ4n) is 8.66. The second kappa shape index (κ2) is 22.2. The lowest BCUT2D eigenvalue weighted by molar-refractivity contribution is -0.274. The minimum atomic E-state index is -4.78. The summed E-state index contributed by atoms with van der Waals surface area (Å²) in [5.41, 5.74) is 6.63. The summed E-state index contributed by atoms with van der Waals surface area (Å²) in [5, 5.41) is 9.78. The molecule has 1 unspecified atom stereocenters. The van der Waals surface area contributed by atoms with Crippen molar-refractivity contribution in [3.05, 3.63) is 146 Å². The van der Waals surface area contributed by atoms with E-state index in [0.29, 0.717) is 77.3 Å². The second-order valence-electron chi connectivity index (χ2n) is 16.8. The number of piperazine rings is 2. The third kappa shape index (κ3) is 12.9. The van der Waals surface area contributed by atoms with Crippen LogP contribution in [0.25, 0.3) is 22.0 Å². The van der Waals surface area contributed by atoms with Crippen LogP contribution >= 0.6 is 46.4 Å². The zero-order chi connectivity index (χ0) is 47.1. The highest BCUT2D eigenvalue weighted by Crippen LogP contribution is 2.35. The number of nitrogens with one attached hydrogen (secondary N) is 2. The number of aryl methyl sites for hydroxylation is 1. The molecule has 6 aromatic rings. The molecule has 354 valence electrons. The molecule has 0 radical (unpaired) electrons. The minimum absolute atomic E-state index is 0.0672. The van der Waals surface area contributed by atoms with Gasteiger partial charge in [0.05, 0.1) is 23.2 Å². The van der Waals surface area contributed by atoms with Gasteiger partial charge in [-0.2, -0.15) is 0 Å². The van der Waals surface area contributed by atoms with Crippen molar-refractivity contribution in [2.75, 3.05) is 59.5 Å². The Balaban J connectivity index is 0.878. The normalized spacial score (nSPS) is 16.3. The quantitative estimate of drug-likeness (QED) is 0.0875. The number of amides is 1. The predicted octanol–water partition coefficient (Wildman–Crippen LogP) is 10.7. The monoisotopic (exact) mass is 996 g/mol. The molecule has 5 aromatic carbocycles. The van der Waals surface area contributed by atoms with E-state index < -0.39 is 6.36 Å². The average molecular weight is 999 g/mol. The van der Waals surface area contributed by atoms with Crippen LogP contribution in [-0.4, -0.2) is 97.0 Å². The molecule has 8 rings (SSSR count). The number of alkyl halides is 3. The van der Waals surface area contributed by atoms with E-state index in [1.165, 1.54) is 12.1 Å². The maximum absolute atomic E-state index is 13.5. The molecule has 1 amide bonds. The van der Waals surface area contributed by atoms with Crippen molar-refractivity contribution in [3.8, 4) is 28.4 Å². The molecule has 67 heavy (non-hydrogen) atoms. The standard InChI is InChI=1S/C50H51Cl4F3N6O4/c1-65-47-15-8-34(26-48(47)66-32-35-6-13-43(53)44(54)25-35)28-62-19-17-58-45(31-62)49(64)59-16-3-18-63-30-39(36-9-11-37(12-10-36)67-50(55,56)57)38-24-33(7-14-46(38)63)27-60-20-22-61(23-21-60)29-40-41(51)4-2-5-42(40)52/h2,4-15,24-26,30,45,58H,3,16-23,27-29,31-32H2,1H3,(H,59,64). The molecule has 2 N–H and O–H groups in total. The average Bonchev–Trinajstić information content (AvgIpc) is 3.67. The minimum Gasteiger partial charge on any atom is -0.493 e. The number of benzene rings is 5. The predicted molar refractivity (Wildman–Crippen MR) is 260 cm³/mol. The van der Waals surface area contributed by atoms with Gasteiger partial charge in [0.2, 0.25) is 5.91 Å². The van der Waals surface area contributed by atoms with E-state index in [1.54, 1.807) is 31.4 Å². The van der Waals surface area contributed by atoms with Gasteiger partial charge in [0.15, 0.2) is 11.5 Å². The summed E-state index contributed by atoms with van der Waals surface area (Å²) in [7, 11) is 1.60. The molecule has 0 bridgehead atoms. The van der Waals surface area contributed by atoms with E-state index in [-0.39, 0.29) is 24.3 Å². The van der Waals surface area contributed by atoms with Gasteiger partial charge in [-0.1, -0.05) is 82.8 Å². The van der Waals surface area contributed by atoms with Crippen molar-refractivity contribution in [2.45, 2.75) is 51.6 Å². The van der Waals surface area contributed by atoms with Crippen molar-refractivity contribution in [1.82, 2.24) is 29.9 Å². The summed E-state index contributed by atoms with van der Waals surface area (Å²) >= 11 is 25.2. The summed E-state index contributed by atoms with van der Waals surface area (Å²) < 4.78 is 57.0. The van der Waals surface area contributed by atoms with E-state index in [4.69, 9.17) is 55.9 Å². The number of fused-ring (bicyclic) bond motifs is 1. The molecule has 2 aliphatic rings. The van der Waals surface area contributed by atoms with Crippen molar-refractivity contribution in [3.63, 3.8) is 0 Å². The fraction of sp³-hybridized carbons (Fsp3) is 0.340. The van der Waals surface area contributed by atoms with Crippen LogP contribution in [0.15, 0.2) is 103 Å². The zero-order valence-electron chi connectivity index (χ0n) is 36.9. The Morgan fingerprint density at radius 3 is 2.15 bits per heavy atom. The van der Waals surface area contributed by atoms with Crippen molar-refractivity contribution in [1.29, 1.82) is 0 Å². The molecule has 17 heteroatoms. The lowest BCUT2D eigenvalue weighted by Crippen LogP contribution is -2.56. The van der Waals surface area contributed by atoms with Gasteiger partial charge in [-0.25, -0.2) is 0 Å². The molecule has 2 aliphatic heterocycles. The van der Waals surface area contributed by atoms with Crippen LogP contribution in [0.3, 0.4) is 0 Å². The third-order valence-corrected chi connectivity index (χ3v) is 13.6. The number of carbonyl (C=O) groups is 1. The zero-order valence-corrected chi connectivity index (χ0v) is 39.9. The van der Waals surface area contributed by atoms with Crippen LogP contribution in [0.1, 0.15) is 28.7 Å². The number of carbonyl (C=O) groups excluding carboxylic acids is 1. The molecule has 1 aromatic heterocycles. The molecule has 10 nitrogen and oxygen atoms in total. The van der Waals surface area contributed by atoms with Gasteiger partial charge in [0, 0.05) is 117 Å². The first-order valence-electron chi connectivity index (χ1n) is 22.1. The van der Waals surface area contributed by atoms with E-state index >= 15 is 0 Å². The Hall–Kier alpha value is -4.70. The second-order valence-corrected chi connectivity index (χ2v) is 18.4. The van der Waals surface area contributed by atoms with E-state index in [2.05, 4.69) is 52.8 Å². The Morgan fingerprint density at radius 2 is 1.43 bits per heavy atom. The third-order valence-electron chi connectivity index (χ3n) is 12.1. The number of aromatic nitrogens is 1. The highest BCUT2D eigenvalue weighted by molar-refractivity contribution is 6.42. The number of rotatable bonds is 17. The summed E-state index contributed by atoms with van der Waals surface area (Å²) in [6.45, 7) is 8.86. The first-order valence-corrected chi connectivity index (χ1v) is 23.6. The van der Waals surface area contributed by atoms with Gasteiger partial charge < -0.3 is 29.4 Å². The van der Waals surface area contributed by atoms with Gasteiger partial charge in [-0.3, -0.25) is 19.5 Å². The van der Waals surface area contributed by atoms with Crippen LogP contribution in [0, 0.1) is 0 Å². The van der Waals surface area contributed by atoms with Crippen molar-refractivity contribution in [2.24, 2.45) is 0 Å². The number of halogens is 7. The van der Waals surface area contributed by atoms with Gasteiger partial charge in [-0.05, 0) is 89.3 Å². The van der Waals surface area contributed by atoms with Crippen LogP contribution in [0.2, 0.25) is 20.1 Å². The fourth-order valence-corrected chi connectivity index (χ4v) is 9.50. The van der Waals surface area contributed by atoms with Gasteiger partial charge in [0.1, 0.15) is 12.4 Å². The molecular weight excluding hydrogens is 947 g/mol. The molecule has 3 heterocycles. The Morgan fingerprint density at radius 1 is 0.746 bits per heavy atom. The molecule has 0 spiro atoms. The maximum atomic E-state index is 13.5. The number of ether oxygens (including phenoxy) is 3. The van der Waals surface area contributed by atoms with Crippen molar-refractivity contribution >= 4 is 63.2 Å². The lowest BCUT2D eigenvalue weighted by Gasteiger charge is -2.35. The smallest absolute Gasteiger partial charge is 0.493 e. The molecule has 0 aliphatic carbocycles. The van der Waals surface area contributed by atoms with E-state index in [0.717, 1.165) is 83.6 Å². The maximum Gasteiger partial charge on any atom is 0.573 e. The largest absolute Gasteiger partial charge is 0.573 e. The summed E-state index contributed by atoms with van der Waals surface area (Å²) in [6, 6.07) is 28.8. The summed E-state index contributed by atoms with van der Waals surface area (Å²) in [6.07, 6.45) is -2.08. The molecular formula is C50H51Cl4F3N6O4. The van der Waals surface area contributed by atoms with Gasteiger partial charge in [-0.15, -0.1) is 13.2 Å². The molecule has 2 saturated heterocycles. The first kappa shape index (κ1) is 48.7. The molecule has 0 saturated carbocycles. The highest BCUT2D eigenvalue weighted by atomic mass is 35.5. The number of methoxy groups -OCH3 is 1. The topological polar surface area (TPSA) is 83.5 Å². The van der Waals surface area contributed by atoms with Crippen LogP contribution in [0.5, 0.6) is 17.2 Å². The lowest BCUT2D eigenvalue weighted by atomic mass is 10.0. The molecule has 1 atom stereocenters. The van der Waals surface area contributed by atoms with Crippen LogP contribution in [-0.2, 0) is 37.6 Å². The number of hydrogen-bond donors (Lipinski definition) is 2. The summed E-state index contributed by atoms with van der Waals surface area (Å²) in [5.74, 6) is 0.874. The highest BCUT2D eigenvalue weighted by Gasteiger charge is 2.31. The molecule has 2 fully saturated rings. The number of nitrogens with zero attached hydrogens (tertiary/aromatic N) is 4. The SMILES string of the molecule is COc1ccc(CN2CCNC(C(=O)NCCCn3cc(-c4ccc(OC(F)(F)F)cc4)c4cc(CN5CCN(Cc6c(Cl)cccc6Cl)CC5)ccc43)C2)cc1OCc1ccc(Cl)c(Cl)c1. The van der Waals surface area contributed by atoms with Gasteiger partial charge in [0.25, 0.3) is 0 Å². The van der Waals surface area contributed by atoms with Crippen LogP contribution in [0.4, 0.5) is 13.2 Å². The first-order chi connectivity index (χ1) is 32.3. The number of hydrogen-bond acceptors (Lipinski definition) is 8.